The quantitative estimate of drug-likeness (QED) is 0.927. The van der Waals surface area contributed by atoms with E-state index in [1.54, 1.807) is 18.5 Å². The highest BCUT2D eigenvalue weighted by atomic mass is 16.5. The van der Waals surface area contributed by atoms with E-state index in [9.17, 15) is 0 Å². The van der Waals surface area contributed by atoms with E-state index in [1.165, 1.54) is 11.1 Å². The van der Waals surface area contributed by atoms with Crippen LogP contribution in [-0.2, 0) is 11.2 Å². The Morgan fingerprint density at radius 2 is 2.25 bits per heavy atom. The Balaban J connectivity index is 1.75. The first-order valence-corrected chi connectivity index (χ1v) is 6.66. The molecular weight excluding hydrogens is 250 g/mol. The number of nitrogens with zero attached hydrogens (tertiary/aromatic N) is 2. The van der Waals surface area contributed by atoms with E-state index in [1.807, 2.05) is 6.07 Å². The van der Waals surface area contributed by atoms with Gasteiger partial charge >= 0.3 is 0 Å². The number of aromatic nitrogens is 1. The van der Waals surface area contributed by atoms with Crippen LogP contribution in [0.1, 0.15) is 22.8 Å². The van der Waals surface area contributed by atoms with Crippen LogP contribution < -0.4 is 5.32 Å². The van der Waals surface area contributed by atoms with Crippen molar-refractivity contribution in [3.8, 4) is 6.07 Å². The summed E-state index contributed by atoms with van der Waals surface area (Å²) in [7, 11) is 0. The lowest BCUT2D eigenvalue weighted by atomic mass is 9.97. The van der Waals surface area contributed by atoms with Gasteiger partial charge < -0.3 is 10.1 Å². The number of rotatable bonds is 3. The standard InChI is InChI=1S/C16H15N3O/c17-9-13-5-7-18-10-15(13)19-11-16-14-4-2-1-3-12(14)6-8-20-16/h1-5,7,10,16,19H,6,8,11H2. The average Bonchev–Trinajstić information content (AvgIpc) is 2.53. The zero-order chi connectivity index (χ0) is 13.8. The van der Waals surface area contributed by atoms with Gasteiger partial charge in [0.2, 0.25) is 0 Å². The van der Waals surface area contributed by atoms with Gasteiger partial charge in [-0.2, -0.15) is 5.26 Å². The maximum atomic E-state index is 9.06. The summed E-state index contributed by atoms with van der Waals surface area (Å²) in [6, 6.07) is 12.2. The average molecular weight is 265 g/mol. The van der Waals surface area contributed by atoms with Crippen LogP contribution in [-0.4, -0.2) is 18.1 Å². The minimum absolute atomic E-state index is 0.0201. The summed E-state index contributed by atoms with van der Waals surface area (Å²) in [6.45, 7) is 1.37. The SMILES string of the molecule is N#Cc1ccncc1NCC1OCCc2ccccc21. The first kappa shape index (κ1) is 12.6. The highest BCUT2D eigenvalue weighted by Gasteiger charge is 2.20. The summed E-state index contributed by atoms with van der Waals surface area (Å²) < 4.78 is 5.83. The molecule has 1 N–H and O–H groups in total. The fourth-order valence-corrected chi connectivity index (χ4v) is 2.48. The summed E-state index contributed by atoms with van der Waals surface area (Å²) in [5.74, 6) is 0. The maximum Gasteiger partial charge on any atom is 0.101 e. The Labute approximate surface area is 118 Å². The van der Waals surface area contributed by atoms with Crippen molar-refractivity contribution < 1.29 is 4.74 Å². The van der Waals surface area contributed by atoms with Gasteiger partial charge in [-0.05, 0) is 23.6 Å². The Hall–Kier alpha value is -2.38. The highest BCUT2D eigenvalue weighted by Crippen LogP contribution is 2.27. The molecule has 1 aliphatic heterocycles. The van der Waals surface area contributed by atoms with Crippen molar-refractivity contribution in [3.63, 3.8) is 0 Å². The normalized spacial score (nSPS) is 17.1. The van der Waals surface area contributed by atoms with E-state index in [4.69, 9.17) is 10.00 Å². The molecule has 0 fully saturated rings. The predicted molar refractivity (Wildman–Crippen MR) is 76.3 cm³/mol. The third-order valence-electron chi connectivity index (χ3n) is 3.51. The molecule has 2 aromatic rings. The number of nitrogens with one attached hydrogen (secondary N) is 1. The van der Waals surface area contributed by atoms with Gasteiger partial charge in [-0.25, -0.2) is 0 Å². The number of hydrogen-bond donors (Lipinski definition) is 1. The summed E-state index contributed by atoms with van der Waals surface area (Å²) in [4.78, 5) is 4.05. The molecule has 4 nitrogen and oxygen atoms in total. The molecule has 1 atom stereocenters. The molecule has 0 spiro atoms. The molecule has 1 aromatic heterocycles. The lowest BCUT2D eigenvalue weighted by Crippen LogP contribution is -2.23. The molecule has 0 radical (unpaired) electrons. The van der Waals surface area contributed by atoms with E-state index in [0.717, 1.165) is 18.7 Å². The Morgan fingerprint density at radius 3 is 3.15 bits per heavy atom. The summed E-state index contributed by atoms with van der Waals surface area (Å²) >= 11 is 0. The topological polar surface area (TPSA) is 57.9 Å². The number of hydrogen-bond acceptors (Lipinski definition) is 4. The van der Waals surface area contributed by atoms with Crippen LogP contribution in [0.2, 0.25) is 0 Å². The molecule has 2 heterocycles. The maximum absolute atomic E-state index is 9.06. The second-order valence-electron chi connectivity index (χ2n) is 4.72. The van der Waals surface area contributed by atoms with Crippen molar-refractivity contribution >= 4 is 5.69 Å². The van der Waals surface area contributed by atoms with Gasteiger partial charge in [-0.3, -0.25) is 4.98 Å². The number of ether oxygens (including phenoxy) is 1. The van der Waals surface area contributed by atoms with Gasteiger partial charge in [0.25, 0.3) is 0 Å². The van der Waals surface area contributed by atoms with Crippen LogP contribution in [0, 0.1) is 11.3 Å². The molecule has 0 amide bonds. The largest absolute Gasteiger partial charge is 0.380 e. The molecule has 100 valence electrons. The molecule has 4 heteroatoms. The summed E-state index contributed by atoms with van der Waals surface area (Å²) in [6.07, 6.45) is 4.28. The van der Waals surface area contributed by atoms with E-state index in [-0.39, 0.29) is 6.10 Å². The number of anilines is 1. The second kappa shape index (κ2) is 5.72. The smallest absolute Gasteiger partial charge is 0.101 e. The third kappa shape index (κ3) is 2.49. The molecule has 1 aliphatic rings. The molecule has 0 saturated heterocycles. The first-order valence-electron chi connectivity index (χ1n) is 6.66. The number of benzene rings is 1. The molecule has 0 saturated carbocycles. The van der Waals surface area contributed by atoms with Crippen molar-refractivity contribution in [1.29, 1.82) is 5.26 Å². The van der Waals surface area contributed by atoms with Gasteiger partial charge in [0.1, 0.15) is 6.07 Å². The van der Waals surface area contributed by atoms with Crippen LogP contribution in [0.3, 0.4) is 0 Å². The Kier molecular flexibility index (Phi) is 3.62. The van der Waals surface area contributed by atoms with E-state index < -0.39 is 0 Å². The number of pyridine rings is 1. The van der Waals surface area contributed by atoms with Gasteiger partial charge in [0.15, 0.2) is 0 Å². The van der Waals surface area contributed by atoms with Crippen LogP contribution in [0.5, 0.6) is 0 Å². The van der Waals surface area contributed by atoms with Gasteiger partial charge in [0, 0.05) is 12.7 Å². The van der Waals surface area contributed by atoms with Gasteiger partial charge in [0.05, 0.1) is 30.2 Å². The van der Waals surface area contributed by atoms with Crippen LogP contribution >= 0.6 is 0 Å². The Morgan fingerprint density at radius 1 is 1.35 bits per heavy atom. The number of fused-ring (bicyclic) bond motifs is 1. The van der Waals surface area contributed by atoms with Gasteiger partial charge in [-0.1, -0.05) is 24.3 Å². The number of nitriles is 1. The second-order valence-corrected chi connectivity index (χ2v) is 4.72. The van der Waals surface area contributed by atoms with Crippen LogP contribution in [0.15, 0.2) is 42.7 Å². The lowest BCUT2D eigenvalue weighted by molar-refractivity contribution is 0.0513. The van der Waals surface area contributed by atoms with Crippen molar-refractivity contribution in [3.05, 3.63) is 59.4 Å². The monoisotopic (exact) mass is 265 g/mol. The summed E-state index contributed by atoms with van der Waals surface area (Å²) in [5, 5.41) is 12.3. The minimum Gasteiger partial charge on any atom is -0.380 e. The molecular formula is C16H15N3O. The highest BCUT2D eigenvalue weighted by molar-refractivity contribution is 5.55. The Bertz CT molecular complexity index is 648. The molecule has 1 aromatic carbocycles. The molecule has 1 unspecified atom stereocenters. The van der Waals surface area contributed by atoms with Crippen molar-refractivity contribution in [2.45, 2.75) is 12.5 Å². The van der Waals surface area contributed by atoms with Crippen LogP contribution in [0.25, 0.3) is 0 Å². The zero-order valence-electron chi connectivity index (χ0n) is 11.0. The molecule has 0 aliphatic carbocycles. The summed E-state index contributed by atoms with van der Waals surface area (Å²) in [5.41, 5.74) is 3.93. The van der Waals surface area contributed by atoms with E-state index >= 15 is 0 Å². The minimum atomic E-state index is 0.0201. The van der Waals surface area contributed by atoms with Gasteiger partial charge in [-0.15, -0.1) is 0 Å². The molecule has 20 heavy (non-hydrogen) atoms. The van der Waals surface area contributed by atoms with Crippen molar-refractivity contribution in [2.75, 3.05) is 18.5 Å². The van der Waals surface area contributed by atoms with E-state index in [2.05, 4.69) is 34.6 Å². The van der Waals surface area contributed by atoms with E-state index in [0.29, 0.717) is 12.1 Å². The van der Waals surface area contributed by atoms with Crippen molar-refractivity contribution in [2.24, 2.45) is 0 Å². The molecule has 3 rings (SSSR count). The first-order chi connectivity index (χ1) is 9.88. The van der Waals surface area contributed by atoms with Crippen LogP contribution in [0.4, 0.5) is 5.69 Å². The predicted octanol–water partition coefficient (Wildman–Crippen LogP) is 2.68. The zero-order valence-corrected chi connectivity index (χ0v) is 11.0. The third-order valence-corrected chi connectivity index (χ3v) is 3.51. The fraction of sp³-hybridized carbons (Fsp3) is 0.250. The lowest BCUT2D eigenvalue weighted by Gasteiger charge is -2.26. The van der Waals surface area contributed by atoms with Crippen molar-refractivity contribution in [1.82, 2.24) is 4.98 Å². The fourth-order valence-electron chi connectivity index (χ4n) is 2.48. The molecule has 0 bridgehead atoms.